The van der Waals surface area contributed by atoms with Crippen LogP contribution in [0.5, 0.6) is 0 Å². The van der Waals surface area contributed by atoms with E-state index in [0.29, 0.717) is 34.9 Å². The molecule has 0 spiro atoms. The maximum atomic E-state index is 5.41. The topological polar surface area (TPSA) is 82.3 Å². The number of aromatic nitrogens is 7. The van der Waals surface area contributed by atoms with Crippen molar-refractivity contribution >= 4 is 64.9 Å². The van der Waals surface area contributed by atoms with Crippen LogP contribution in [0, 0.1) is 0 Å². The van der Waals surface area contributed by atoms with Gasteiger partial charge in [-0.2, -0.15) is 0 Å². The number of rotatable bonds is 13. The zero-order valence-corrected chi connectivity index (χ0v) is 74.7. The molecule has 0 atom stereocenters. The summed E-state index contributed by atoms with van der Waals surface area (Å²) in [4.78, 5) is 31.7. The van der Waals surface area contributed by atoms with E-state index in [2.05, 4.69) is 479 Å². The van der Waals surface area contributed by atoms with Crippen LogP contribution in [0.2, 0.25) is 0 Å². The molecule has 3 aliphatic rings. The molecule has 0 aliphatic heterocycles. The first-order valence-corrected chi connectivity index (χ1v) is 46.8. The summed E-state index contributed by atoms with van der Waals surface area (Å²) in [5.41, 5.74) is 32.7. The molecular weight excluding hydrogens is 1650 g/mol. The third kappa shape index (κ3) is 12.6. The summed E-state index contributed by atoms with van der Waals surface area (Å²) in [5.74, 6) is 3.84. The summed E-state index contributed by atoms with van der Waals surface area (Å²) in [6.45, 7) is 4.62. The Balaban J connectivity index is 0.000000143. The first-order chi connectivity index (χ1) is 67.2. The van der Waals surface area contributed by atoms with Gasteiger partial charge in [-0.25, -0.2) is 29.9 Å². The first kappa shape index (κ1) is 79.4. The van der Waals surface area contributed by atoms with Crippen LogP contribution in [0.1, 0.15) is 69.5 Å². The van der Waals surface area contributed by atoms with E-state index in [1.165, 1.54) is 144 Å². The van der Waals surface area contributed by atoms with E-state index < -0.39 is 10.8 Å². The van der Waals surface area contributed by atoms with E-state index in [1.54, 1.807) is 0 Å². The molecule has 21 aromatic carbocycles. The van der Waals surface area contributed by atoms with E-state index >= 15 is 0 Å². The van der Waals surface area contributed by atoms with Crippen molar-refractivity contribution in [1.29, 1.82) is 0 Å². The molecule has 0 saturated carbocycles. The van der Waals surface area contributed by atoms with Crippen molar-refractivity contribution in [2.24, 2.45) is 0 Å². The number of hydrogen-bond donors (Lipinski definition) is 0. The number of para-hydroxylation sites is 2. The van der Waals surface area contributed by atoms with E-state index in [1.807, 2.05) is 18.2 Å². The van der Waals surface area contributed by atoms with Gasteiger partial charge in [-0.15, -0.1) is 0 Å². The Morgan fingerprint density at radius 1 is 0.184 bits per heavy atom. The van der Waals surface area contributed by atoms with Crippen LogP contribution in [0.15, 0.2) is 479 Å². The third-order valence-corrected chi connectivity index (χ3v) is 28.9. The van der Waals surface area contributed by atoms with E-state index in [-0.39, 0.29) is 5.41 Å². The molecule has 3 aliphatic carbocycles. The maximum Gasteiger partial charge on any atom is 0.164 e. The van der Waals surface area contributed by atoms with Crippen LogP contribution in [0.3, 0.4) is 0 Å². The molecular formula is C129H85N7. The molecule has 0 unspecified atom stereocenters. The summed E-state index contributed by atoms with van der Waals surface area (Å²) >= 11 is 0. The lowest BCUT2D eigenvalue weighted by Gasteiger charge is -2.36. The van der Waals surface area contributed by atoms with Crippen LogP contribution >= 0.6 is 0 Å². The Morgan fingerprint density at radius 2 is 0.559 bits per heavy atom. The normalized spacial score (nSPS) is 13.2. The van der Waals surface area contributed by atoms with Crippen LogP contribution in [0.25, 0.3) is 195 Å². The van der Waals surface area contributed by atoms with Gasteiger partial charge < -0.3 is 4.57 Å². The molecule has 0 radical (unpaired) electrons. The highest BCUT2D eigenvalue weighted by atomic mass is 15.0. The smallest absolute Gasteiger partial charge is 0.164 e. The van der Waals surface area contributed by atoms with E-state index in [0.717, 1.165) is 71.4 Å². The van der Waals surface area contributed by atoms with Crippen molar-refractivity contribution in [2.75, 3.05) is 0 Å². The summed E-state index contributed by atoms with van der Waals surface area (Å²) in [5, 5.41) is 11.6. The average molecular weight is 1730 g/mol. The lowest BCUT2D eigenvalue weighted by atomic mass is 9.65. The van der Waals surface area contributed by atoms with Crippen molar-refractivity contribution in [3.8, 4) is 130 Å². The quantitative estimate of drug-likeness (QED) is 0.114. The van der Waals surface area contributed by atoms with Gasteiger partial charge in [0.25, 0.3) is 0 Å². The van der Waals surface area contributed by atoms with Gasteiger partial charge in [0.1, 0.15) is 0 Å². The van der Waals surface area contributed by atoms with Crippen LogP contribution < -0.4 is 0 Å². The fraction of sp³-hybridized carbons (Fsp3) is 0.0388. The van der Waals surface area contributed by atoms with Gasteiger partial charge in [0.15, 0.2) is 34.9 Å². The Kier molecular flexibility index (Phi) is 18.6. The van der Waals surface area contributed by atoms with Gasteiger partial charge in [-0.3, -0.25) is 0 Å². The van der Waals surface area contributed by atoms with Crippen LogP contribution in [-0.2, 0) is 16.2 Å². The molecule has 27 rings (SSSR count). The molecule has 7 heteroatoms. The minimum absolute atomic E-state index is 0.143. The molecule has 0 bridgehead atoms. The van der Waals surface area contributed by atoms with Gasteiger partial charge in [-0.1, -0.05) is 438 Å². The van der Waals surface area contributed by atoms with Crippen molar-refractivity contribution in [3.63, 3.8) is 0 Å². The van der Waals surface area contributed by atoms with Crippen LogP contribution in [0.4, 0.5) is 0 Å². The molecule has 0 saturated heterocycles. The van der Waals surface area contributed by atoms with E-state index in [9.17, 15) is 0 Å². The molecule has 3 aromatic heterocycles. The summed E-state index contributed by atoms with van der Waals surface area (Å²) < 4.78 is 2.42. The predicted octanol–water partition coefficient (Wildman–Crippen LogP) is 31.8. The van der Waals surface area contributed by atoms with Gasteiger partial charge >= 0.3 is 0 Å². The summed E-state index contributed by atoms with van der Waals surface area (Å²) in [7, 11) is 0. The number of fused-ring (bicyclic) bond motifs is 18. The van der Waals surface area contributed by atoms with Gasteiger partial charge in [0, 0.05) is 55.3 Å². The van der Waals surface area contributed by atoms with Crippen LogP contribution in [-0.4, -0.2) is 34.5 Å². The average Bonchev–Trinajstić information content (AvgIpc) is 1.50. The van der Waals surface area contributed by atoms with Gasteiger partial charge in [0.05, 0.1) is 21.9 Å². The lowest BCUT2D eigenvalue weighted by Crippen LogP contribution is -2.29. The molecule has 0 N–H and O–H groups in total. The number of benzene rings is 21. The fourth-order valence-corrected chi connectivity index (χ4v) is 22.8. The summed E-state index contributed by atoms with van der Waals surface area (Å²) in [6.07, 6.45) is 0. The largest absolute Gasteiger partial charge is 0.309 e. The Bertz CT molecular complexity index is 8840. The number of hydrogen-bond acceptors (Lipinski definition) is 6. The highest BCUT2D eigenvalue weighted by Crippen LogP contribution is 2.63. The molecule has 3 heterocycles. The highest BCUT2D eigenvalue weighted by Gasteiger charge is 2.51. The Morgan fingerprint density at radius 3 is 1.22 bits per heavy atom. The van der Waals surface area contributed by atoms with Gasteiger partial charge in [0.2, 0.25) is 0 Å². The zero-order valence-electron chi connectivity index (χ0n) is 74.7. The van der Waals surface area contributed by atoms with Crippen molar-refractivity contribution in [2.45, 2.75) is 30.1 Å². The first-order valence-electron chi connectivity index (χ1n) is 46.8. The van der Waals surface area contributed by atoms with Crippen molar-refractivity contribution in [3.05, 3.63) is 535 Å². The molecule has 636 valence electrons. The van der Waals surface area contributed by atoms with Crippen molar-refractivity contribution < 1.29 is 0 Å². The van der Waals surface area contributed by atoms with E-state index in [4.69, 9.17) is 29.9 Å². The second-order valence-electron chi connectivity index (χ2n) is 36.6. The minimum Gasteiger partial charge on any atom is -0.309 e. The monoisotopic (exact) mass is 1730 g/mol. The molecule has 0 amide bonds. The molecule has 24 aromatic rings. The Labute approximate surface area is 788 Å². The minimum atomic E-state index is -0.745. The third-order valence-electron chi connectivity index (χ3n) is 28.9. The number of nitrogens with zero attached hydrogens (tertiary/aromatic N) is 7. The molecule has 7 nitrogen and oxygen atoms in total. The summed E-state index contributed by atoms with van der Waals surface area (Å²) in [6, 6.07) is 174. The molecule has 0 fully saturated rings. The highest BCUT2D eigenvalue weighted by molar-refractivity contribution is 6.17. The lowest BCUT2D eigenvalue weighted by molar-refractivity contribution is 0.660. The predicted molar refractivity (Wildman–Crippen MR) is 560 cm³/mol. The molecule has 136 heavy (non-hydrogen) atoms. The maximum absolute atomic E-state index is 5.41. The fourth-order valence-electron chi connectivity index (χ4n) is 22.8. The second kappa shape index (κ2) is 31.9. The van der Waals surface area contributed by atoms with Gasteiger partial charge in [-0.05, 0) is 209 Å². The Hall–Kier alpha value is -17.5. The zero-order chi connectivity index (χ0) is 90.2. The van der Waals surface area contributed by atoms with Crippen molar-refractivity contribution in [1.82, 2.24) is 34.5 Å². The second-order valence-corrected chi connectivity index (χ2v) is 36.6. The standard InChI is InChI=1S/C70H44N4.C59H41N3/c1-4-23-51(24-5-1)70(52-25-6-2-7-26-52)65-56(55-31-18-36-63-64(55)60-30-14-15-35-62(60)74(63)53-27-8-3-9-28-53)32-17-33-57(65)58-42-41-47-38-40-50(44-61(47)66(58)70)68-71-67(49-39-37-45-19-10-11-21-48(45)43-49)72-69(73-68)59-34-16-22-46-20-12-13-29-54(46)59;1-58(2)51-26-16-15-25-47(51)48-33-30-43(37-52(48)58)57-61-55(39-19-9-4-10-20-39)60-56(62-57)42-29-31-46-41(35-42)28-34-50-49-32-27-40(38-17-7-3-8-18-38)36-53(49)59(54(46)50,44-21-11-5-12-22-44)45-23-13-6-14-24-45/h1-44H;3-37H,1-2H3. The SMILES string of the molecule is CC1(C)c2ccccc2-c2ccc(-c3nc(-c4ccccc4)nc(-c4ccc5c6c(ccc5c4)-c4ccc(-c5ccccc5)cc4C6(c4ccccc4)c4ccccc4)n3)cc21.c1ccc(-n2c3ccccc3c3c(-c4cccc5c4C(c4ccccc4)(c4ccccc4)c4c-5ccc5ccc(-c6nc(-c7ccc8ccccc8c7)nc(-c7cccc8ccccc78)n6)cc45)cccc32)cc1.